The van der Waals surface area contributed by atoms with E-state index in [1.165, 1.54) is 14.2 Å². The van der Waals surface area contributed by atoms with E-state index < -0.39 is 23.5 Å². The number of rotatable bonds is 6. The number of ether oxygens (including phenoxy) is 4. The summed E-state index contributed by atoms with van der Waals surface area (Å²) in [5.74, 6) is -2.78. The number of hydrogen-bond donors (Lipinski definition) is 1. The van der Waals surface area contributed by atoms with Crippen molar-refractivity contribution < 1.29 is 33.0 Å². The molecule has 1 unspecified atom stereocenters. The summed E-state index contributed by atoms with van der Waals surface area (Å²) in [5.41, 5.74) is -0.733. The third-order valence-corrected chi connectivity index (χ3v) is 5.48. The van der Waals surface area contributed by atoms with Gasteiger partial charge in [-0.3, -0.25) is 9.69 Å². The van der Waals surface area contributed by atoms with Gasteiger partial charge in [-0.1, -0.05) is 12.1 Å². The fraction of sp³-hybridized carbons (Fsp3) is 0.409. The highest BCUT2D eigenvalue weighted by molar-refractivity contribution is 6.01. The number of hydrogen-bond acceptors (Lipinski definition) is 10. The van der Waals surface area contributed by atoms with E-state index >= 15 is 0 Å². The number of morpholine rings is 1. The molecule has 4 rings (SSSR count). The third kappa shape index (κ3) is 4.06. The molecule has 2 aliphatic rings. The number of carbonyl (C=O) groups is 2. The Morgan fingerprint density at radius 2 is 1.91 bits per heavy atom. The molecule has 10 heteroatoms. The molecule has 2 aromatic rings. The topological polar surface area (TPSA) is 117 Å². The minimum absolute atomic E-state index is 0.0452. The van der Waals surface area contributed by atoms with E-state index in [9.17, 15) is 14.4 Å². The Bertz CT molecular complexity index is 1120. The van der Waals surface area contributed by atoms with Crippen LogP contribution in [0.5, 0.6) is 5.75 Å². The number of carbonyl (C=O) groups excluding carboxylic acids is 2. The van der Waals surface area contributed by atoms with Gasteiger partial charge in [0.15, 0.2) is 5.75 Å². The number of fused-ring (bicyclic) bond motifs is 3. The van der Waals surface area contributed by atoms with Crippen molar-refractivity contribution in [3.63, 3.8) is 0 Å². The Kier molecular flexibility index (Phi) is 6.42. The summed E-state index contributed by atoms with van der Waals surface area (Å²) in [7, 11) is 2.37. The van der Waals surface area contributed by atoms with Crippen molar-refractivity contribution in [1.82, 2.24) is 10.2 Å². The number of methoxy groups -OCH3 is 2. The van der Waals surface area contributed by atoms with Gasteiger partial charge in [-0.05, 0) is 12.1 Å². The lowest BCUT2D eigenvalue weighted by molar-refractivity contribution is -0.145. The van der Waals surface area contributed by atoms with Crippen molar-refractivity contribution >= 4 is 22.9 Å². The molecule has 0 saturated carbocycles. The van der Waals surface area contributed by atoms with E-state index in [0.29, 0.717) is 37.3 Å². The van der Waals surface area contributed by atoms with Crippen molar-refractivity contribution in [2.75, 3.05) is 53.6 Å². The molecule has 0 spiro atoms. The van der Waals surface area contributed by atoms with E-state index in [2.05, 4.69) is 10.2 Å². The van der Waals surface area contributed by atoms with Crippen molar-refractivity contribution in [1.29, 1.82) is 0 Å². The zero-order chi connectivity index (χ0) is 22.7. The highest BCUT2D eigenvalue weighted by Gasteiger charge is 2.43. The minimum Gasteiger partial charge on any atom is -0.468 e. The van der Waals surface area contributed by atoms with Crippen molar-refractivity contribution in [2.24, 2.45) is 0 Å². The van der Waals surface area contributed by atoms with Gasteiger partial charge >= 0.3 is 17.6 Å². The Morgan fingerprint density at radius 3 is 2.62 bits per heavy atom. The van der Waals surface area contributed by atoms with E-state index in [-0.39, 0.29) is 22.8 Å². The average Bonchev–Trinajstić information content (AvgIpc) is 2.83. The van der Waals surface area contributed by atoms with Crippen LogP contribution in [0.2, 0.25) is 0 Å². The summed E-state index contributed by atoms with van der Waals surface area (Å²) in [5, 5.41) is 3.59. The van der Waals surface area contributed by atoms with Crippen molar-refractivity contribution in [2.45, 2.75) is 5.92 Å². The van der Waals surface area contributed by atoms with Crippen LogP contribution >= 0.6 is 0 Å². The highest BCUT2D eigenvalue weighted by Crippen LogP contribution is 2.41. The fourth-order valence-corrected chi connectivity index (χ4v) is 3.88. The van der Waals surface area contributed by atoms with Gasteiger partial charge in [0.2, 0.25) is 5.88 Å². The smallest absolute Gasteiger partial charge is 0.344 e. The van der Waals surface area contributed by atoms with Gasteiger partial charge in [0.1, 0.15) is 22.6 Å². The lowest BCUT2D eigenvalue weighted by Gasteiger charge is -2.29. The Hall–Kier alpha value is -3.37. The molecule has 1 N–H and O–H groups in total. The SMILES string of the molecule is COC(=O)C1=C(NCCN2CCOCC2)Oc2c(c(=O)oc3ccccc23)C1C(=O)OC. The predicted octanol–water partition coefficient (Wildman–Crippen LogP) is 0.748. The highest BCUT2D eigenvalue weighted by atomic mass is 16.5. The molecular weight excluding hydrogens is 420 g/mol. The Morgan fingerprint density at radius 1 is 1.16 bits per heavy atom. The van der Waals surface area contributed by atoms with E-state index in [0.717, 1.165) is 13.1 Å². The van der Waals surface area contributed by atoms with Gasteiger partial charge in [0, 0.05) is 26.2 Å². The summed E-state index contributed by atoms with van der Waals surface area (Å²) in [6.45, 7) is 4.00. The summed E-state index contributed by atoms with van der Waals surface area (Å²) in [4.78, 5) is 40.5. The number of para-hydroxylation sites is 1. The van der Waals surface area contributed by atoms with Crippen molar-refractivity contribution in [3.8, 4) is 5.75 Å². The standard InChI is InChI=1S/C22H24N2O8/c1-28-20(25)15-16-18(13-5-3-4-6-14(13)31-22(16)27)32-19(17(15)21(26)29-2)23-7-8-24-9-11-30-12-10-24/h3-6,15,23H,7-12H2,1-2H3. The van der Waals surface area contributed by atoms with Crippen LogP contribution < -0.4 is 15.7 Å². The van der Waals surface area contributed by atoms with Gasteiger partial charge in [0.25, 0.3) is 0 Å². The molecule has 0 radical (unpaired) electrons. The van der Waals surface area contributed by atoms with Gasteiger partial charge in [-0.2, -0.15) is 0 Å². The normalized spacial score (nSPS) is 18.6. The second kappa shape index (κ2) is 9.41. The molecule has 0 bridgehead atoms. The predicted molar refractivity (Wildman–Crippen MR) is 112 cm³/mol. The first-order chi connectivity index (χ1) is 15.5. The number of esters is 2. The summed E-state index contributed by atoms with van der Waals surface area (Å²) >= 11 is 0. The maximum absolute atomic E-state index is 12.8. The lowest BCUT2D eigenvalue weighted by Crippen LogP contribution is -2.42. The first-order valence-electron chi connectivity index (χ1n) is 10.2. The second-order valence-corrected chi connectivity index (χ2v) is 7.30. The first kappa shape index (κ1) is 21.8. The van der Waals surface area contributed by atoms with Crippen molar-refractivity contribution in [3.05, 3.63) is 51.7 Å². The molecule has 3 heterocycles. The average molecular weight is 444 g/mol. The van der Waals surface area contributed by atoms with Gasteiger partial charge < -0.3 is 28.7 Å². The maximum atomic E-state index is 12.8. The molecule has 2 aliphatic heterocycles. The minimum atomic E-state index is -1.36. The van der Waals surface area contributed by atoms with Gasteiger partial charge in [-0.15, -0.1) is 0 Å². The molecule has 10 nitrogen and oxygen atoms in total. The Balaban J connectivity index is 1.77. The van der Waals surface area contributed by atoms with Crippen LogP contribution in [0.15, 0.2) is 44.9 Å². The van der Waals surface area contributed by atoms with Crippen LogP contribution in [-0.2, 0) is 23.8 Å². The zero-order valence-corrected chi connectivity index (χ0v) is 17.8. The number of nitrogens with zero attached hydrogens (tertiary/aromatic N) is 1. The van der Waals surface area contributed by atoms with Crippen LogP contribution in [0.3, 0.4) is 0 Å². The second-order valence-electron chi connectivity index (χ2n) is 7.30. The quantitative estimate of drug-likeness (QED) is 0.505. The molecule has 0 amide bonds. The Labute approximate surface area is 183 Å². The zero-order valence-electron chi connectivity index (χ0n) is 17.8. The van der Waals surface area contributed by atoms with Crippen LogP contribution in [0.1, 0.15) is 11.5 Å². The summed E-state index contributed by atoms with van der Waals surface area (Å²) in [6.07, 6.45) is 0. The van der Waals surface area contributed by atoms with Gasteiger partial charge in [-0.25, -0.2) is 9.59 Å². The summed E-state index contributed by atoms with van der Waals surface area (Å²) < 4.78 is 26.6. The first-order valence-corrected chi connectivity index (χ1v) is 10.2. The fourth-order valence-electron chi connectivity index (χ4n) is 3.88. The molecule has 1 aromatic carbocycles. The molecule has 1 saturated heterocycles. The van der Waals surface area contributed by atoms with Gasteiger partial charge in [0.05, 0.1) is 32.8 Å². The molecule has 170 valence electrons. The maximum Gasteiger partial charge on any atom is 0.344 e. The molecule has 1 aromatic heterocycles. The van der Waals surface area contributed by atoms with Crippen LogP contribution in [0.4, 0.5) is 0 Å². The van der Waals surface area contributed by atoms with Crippen LogP contribution in [0.25, 0.3) is 11.0 Å². The number of nitrogens with one attached hydrogen (secondary N) is 1. The number of benzene rings is 1. The summed E-state index contributed by atoms with van der Waals surface area (Å²) in [6, 6.07) is 6.80. The van der Waals surface area contributed by atoms with E-state index in [1.54, 1.807) is 24.3 Å². The molecule has 1 fully saturated rings. The largest absolute Gasteiger partial charge is 0.468 e. The lowest BCUT2D eigenvalue weighted by atomic mass is 9.88. The van der Waals surface area contributed by atoms with Crippen LogP contribution in [0, 0.1) is 0 Å². The molecule has 32 heavy (non-hydrogen) atoms. The van der Waals surface area contributed by atoms with Crippen LogP contribution in [-0.4, -0.2) is 70.5 Å². The van der Waals surface area contributed by atoms with E-state index in [4.69, 9.17) is 23.4 Å². The third-order valence-electron chi connectivity index (χ3n) is 5.48. The molecular formula is C22H24N2O8. The van der Waals surface area contributed by atoms with E-state index in [1.807, 2.05) is 0 Å². The molecule has 0 aliphatic carbocycles. The molecule has 1 atom stereocenters. The monoisotopic (exact) mass is 444 g/mol.